The van der Waals surface area contributed by atoms with Gasteiger partial charge < -0.3 is 11.1 Å². The lowest BCUT2D eigenvalue weighted by molar-refractivity contribution is -0.171. The molecule has 0 aliphatic carbocycles. The van der Waals surface area contributed by atoms with E-state index < -0.39 is 23.8 Å². The molecule has 0 aliphatic rings. The maximum absolute atomic E-state index is 11.9. The van der Waals surface area contributed by atoms with E-state index in [-0.39, 0.29) is 9.75 Å². The van der Waals surface area contributed by atoms with Gasteiger partial charge in [-0.2, -0.15) is 13.2 Å². The van der Waals surface area contributed by atoms with Crippen molar-refractivity contribution in [2.75, 3.05) is 0 Å². The quantitative estimate of drug-likeness (QED) is 0.546. The summed E-state index contributed by atoms with van der Waals surface area (Å²) in [5.74, 6) is -3.72. The van der Waals surface area contributed by atoms with Crippen LogP contribution in [0.4, 0.5) is 13.2 Å². The minimum absolute atomic E-state index is 0.0106. The number of hydrogen-bond acceptors (Lipinski definition) is 4. The van der Waals surface area contributed by atoms with E-state index in [9.17, 15) is 22.8 Å². The third kappa shape index (κ3) is 3.28. The number of primary amides is 1. The summed E-state index contributed by atoms with van der Waals surface area (Å²) in [7, 11) is 0. The normalized spacial score (nSPS) is 11.0. The first-order valence-corrected chi connectivity index (χ1v) is 4.90. The first kappa shape index (κ1) is 13.2. The lowest BCUT2D eigenvalue weighted by atomic mass is 10.4. The molecule has 0 unspecified atom stereocenters. The number of rotatable bonds is 2. The second-order valence-electron chi connectivity index (χ2n) is 2.86. The number of carbonyl (C=O) groups excluding carboxylic acids is 2. The number of amides is 2. The molecule has 2 amide bonds. The zero-order chi connectivity index (χ0) is 13.2. The Morgan fingerprint density at radius 3 is 2.24 bits per heavy atom. The van der Waals surface area contributed by atoms with Gasteiger partial charge in [-0.1, -0.05) is 0 Å². The third-order valence-corrected chi connectivity index (χ3v) is 2.71. The summed E-state index contributed by atoms with van der Waals surface area (Å²) >= 11 is 0.721. The Morgan fingerprint density at radius 2 is 1.82 bits per heavy atom. The molecule has 17 heavy (non-hydrogen) atoms. The number of alkyl halides is 3. The summed E-state index contributed by atoms with van der Waals surface area (Å²) < 4.78 is 35.6. The van der Waals surface area contributed by atoms with Crippen LogP contribution in [0.1, 0.15) is 14.5 Å². The molecular formula is C8H6F3N3O2S. The van der Waals surface area contributed by atoms with Crippen LogP contribution < -0.4 is 11.1 Å². The standard InChI is InChI=1S/C8H6F3N3O2S/c9-8(10,11)7(16)14-5(12)3-1-2-4(17-3)6(13)15/h1-2H,(H2,13,15)(H2,12,14,16). The van der Waals surface area contributed by atoms with Crippen LogP contribution in [-0.4, -0.2) is 23.8 Å². The Kier molecular flexibility index (Phi) is 3.51. The van der Waals surface area contributed by atoms with Crippen LogP contribution in [0.5, 0.6) is 0 Å². The second kappa shape index (κ2) is 4.53. The van der Waals surface area contributed by atoms with Crippen LogP contribution in [0.25, 0.3) is 0 Å². The minimum Gasteiger partial charge on any atom is -0.365 e. The van der Waals surface area contributed by atoms with E-state index in [1.165, 1.54) is 17.4 Å². The van der Waals surface area contributed by atoms with Gasteiger partial charge in [-0.3, -0.25) is 15.0 Å². The predicted octanol–water partition coefficient (Wildman–Crippen LogP) is 0.851. The SMILES string of the molecule is N=C(NC(=O)C(F)(F)F)c1ccc(C(N)=O)s1. The highest BCUT2D eigenvalue weighted by molar-refractivity contribution is 7.16. The summed E-state index contributed by atoms with van der Waals surface area (Å²) in [5, 5.41) is 8.59. The van der Waals surface area contributed by atoms with Gasteiger partial charge in [-0.05, 0) is 12.1 Å². The zero-order valence-electron chi connectivity index (χ0n) is 8.09. The van der Waals surface area contributed by atoms with Crippen LogP contribution >= 0.6 is 11.3 Å². The molecule has 0 atom stereocenters. The summed E-state index contributed by atoms with van der Waals surface area (Å²) in [6.07, 6.45) is -5.06. The largest absolute Gasteiger partial charge is 0.471 e. The summed E-state index contributed by atoms with van der Waals surface area (Å²) in [4.78, 5) is 21.3. The molecule has 1 heterocycles. The molecule has 0 saturated heterocycles. The Labute approximate surface area is 96.9 Å². The van der Waals surface area contributed by atoms with Crippen LogP contribution in [0, 0.1) is 5.41 Å². The van der Waals surface area contributed by atoms with Crippen LogP contribution in [0.2, 0.25) is 0 Å². The Hall–Kier alpha value is -1.90. The Bertz CT molecular complexity index is 481. The van der Waals surface area contributed by atoms with E-state index in [0.29, 0.717) is 0 Å². The molecule has 4 N–H and O–H groups in total. The predicted molar refractivity (Wildman–Crippen MR) is 53.9 cm³/mol. The van der Waals surface area contributed by atoms with Crippen molar-refractivity contribution in [2.24, 2.45) is 5.73 Å². The van der Waals surface area contributed by atoms with Gasteiger partial charge in [0.1, 0.15) is 5.84 Å². The van der Waals surface area contributed by atoms with Gasteiger partial charge in [0.2, 0.25) is 0 Å². The molecule has 0 aromatic carbocycles. The average Bonchev–Trinajstić information content (AvgIpc) is 2.64. The first-order valence-electron chi connectivity index (χ1n) is 4.08. The van der Waals surface area contributed by atoms with Crippen molar-refractivity contribution < 1.29 is 22.8 Å². The van der Waals surface area contributed by atoms with Crippen molar-refractivity contribution >= 4 is 29.0 Å². The van der Waals surface area contributed by atoms with E-state index >= 15 is 0 Å². The van der Waals surface area contributed by atoms with Gasteiger partial charge in [-0.25, -0.2) is 0 Å². The fraction of sp³-hybridized carbons (Fsp3) is 0.125. The number of nitrogens with one attached hydrogen (secondary N) is 2. The number of nitrogens with two attached hydrogens (primary N) is 1. The molecule has 0 aliphatic heterocycles. The third-order valence-electron chi connectivity index (χ3n) is 1.59. The molecule has 0 bridgehead atoms. The van der Waals surface area contributed by atoms with Crippen LogP contribution in [0.3, 0.4) is 0 Å². The van der Waals surface area contributed by atoms with Gasteiger partial charge in [0.15, 0.2) is 0 Å². The van der Waals surface area contributed by atoms with E-state index in [4.69, 9.17) is 11.1 Å². The van der Waals surface area contributed by atoms with Gasteiger partial charge in [0.25, 0.3) is 5.91 Å². The van der Waals surface area contributed by atoms with Crippen molar-refractivity contribution in [3.05, 3.63) is 21.9 Å². The molecule has 92 valence electrons. The Morgan fingerprint density at radius 1 is 1.29 bits per heavy atom. The topological polar surface area (TPSA) is 96.0 Å². The highest BCUT2D eigenvalue weighted by Gasteiger charge is 2.39. The van der Waals surface area contributed by atoms with Crippen molar-refractivity contribution in [3.8, 4) is 0 Å². The molecule has 0 radical (unpaired) electrons. The number of halogens is 3. The molecule has 0 fully saturated rings. The summed E-state index contributed by atoms with van der Waals surface area (Å²) in [6.45, 7) is 0. The monoisotopic (exact) mass is 265 g/mol. The average molecular weight is 265 g/mol. The van der Waals surface area contributed by atoms with Crippen molar-refractivity contribution in [1.29, 1.82) is 5.41 Å². The number of amidine groups is 1. The van der Waals surface area contributed by atoms with Crippen LogP contribution in [-0.2, 0) is 4.79 Å². The van der Waals surface area contributed by atoms with E-state index in [0.717, 1.165) is 11.3 Å². The maximum atomic E-state index is 11.9. The van der Waals surface area contributed by atoms with E-state index in [1.54, 1.807) is 0 Å². The van der Waals surface area contributed by atoms with Gasteiger partial charge in [0.05, 0.1) is 9.75 Å². The second-order valence-corrected chi connectivity index (χ2v) is 3.94. The smallest absolute Gasteiger partial charge is 0.365 e. The molecule has 1 aromatic rings. The van der Waals surface area contributed by atoms with Gasteiger partial charge in [-0.15, -0.1) is 11.3 Å². The highest BCUT2D eigenvalue weighted by atomic mass is 32.1. The number of hydrogen-bond donors (Lipinski definition) is 3. The molecule has 1 rings (SSSR count). The first-order chi connectivity index (χ1) is 7.71. The molecule has 0 saturated carbocycles. The fourth-order valence-electron chi connectivity index (χ4n) is 0.851. The van der Waals surface area contributed by atoms with Crippen molar-refractivity contribution in [1.82, 2.24) is 5.32 Å². The molecule has 9 heteroatoms. The summed E-state index contributed by atoms with van der Waals surface area (Å²) in [6, 6.07) is 2.49. The number of carbonyl (C=O) groups is 2. The summed E-state index contributed by atoms with van der Waals surface area (Å²) in [5.41, 5.74) is 4.93. The van der Waals surface area contributed by atoms with Crippen LogP contribution in [0.15, 0.2) is 12.1 Å². The van der Waals surface area contributed by atoms with E-state index in [1.807, 2.05) is 0 Å². The lowest BCUT2D eigenvalue weighted by Gasteiger charge is -2.07. The minimum atomic E-state index is -5.06. The van der Waals surface area contributed by atoms with Gasteiger partial charge >= 0.3 is 12.1 Å². The molecule has 1 aromatic heterocycles. The molecular weight excluding hydrogens is 259 g/mol. The molecule has 0 spiro atoms. The maximum Gasteiger partial charge on any atom is 0.471 e. The fourth-order valence-corrected chi connectivity index (χ4v) is 1.61. The zero-order valence-corrected chi connectivity index (χ0v) is 8.91. The van der Waals surface area contributed by atoms with Crippen molar-refractivity contribution in [3.63, 3.8) is 0 Å². The van der Waals surface area contributed by atoms with E-state index in [2.05, 4.69) is 0 Å². The molecule has 5 nitrogen and oxygen atoms in total. The van der Waals surface area contributed by atoms with Gasteiger partial charge in [0, 0.05) is 0 Å². The Balaban J connectivity index is 2.77. The number of thiophene rings is 1. The lowest BCUT2D eigenvalue weighted by Crippen LogP contribution is -2.40. The van der Waals surface area contributed by atoms with Crippen molar-refractivity contribution in [2.45, 2.75) is 6.18 Å². The highest BCUT2D eigenvalue weighted by Crippen LogP contribution is 2.18.